The standard InChI is InChI=1S/C10H15ClO2S2/c1-6(12)14-15-10(11)8(2,3)7(13)9(10,4)5/h1-5H3. The van der Waals surface area contributed by atoms with Crippen LogP contribution < -0.4 is 0 Å². The Balaban J connectivity index is 2.91. The number of hydrogen-bond acceptors (Lipinski definition) is 4. The number of Topliss-reactive ketones (excluding diaryl/α,β-unsaturated/α-hetero) is 1. The van der Waals surface area contributed by atoms with Crippen molar-refractivity contribution in [2.75, 3.05) is 0 Å². The van der Waals surface area contributed by atoms with Crippen molar-refractivity contribution >= 4 is 44.1 Å². The number of halogens is 1. The molecule has 0 atom stereocenters. The number of alkyl halides is 1. The van der Waals surface area contributed by atoms with Gasteiger partial charge in [0.2, 0.25) is 0 Å². The van der Waals surface area contributed by atoms with Gasteiger partial charge in [0.05, 0.1) is 10.8 Å². The number of ketones is 1. The third-order valence-electron chi connectivity index (χ3n) is 3.02. The van der Waals surface area contributed by atoms with Crippen molar-refractivity contribution in [2.45, 2.75) is 38.8 Å². The lowest BCUT2D eigenvalue weighted by Crippen LogP contribution is -2.69. The van der Waals surface area contributed by atoms with E-state index in [0.29, 0.717) is 0 Å². The fraction of sp³-hybridized carbons (Fsp3) is 0.800. The Labute approximate surface area is 103 Å². The van der Waals surface area contributed by atoms with Crippen molar-refractivity contribution in [2.24, 2.45) is 10.8 Å². The molecule has 1 rings (SSSR count). The van der Waals surface area contributed by atoms with Gasteiger partial charge in [0.25, 0.3) is 0 Å². The fourth-order valence-corrected chi connectivity index (χ4v) is 5.35. The zero-order valence-corrected chi connectivity index (χ0v) is 11.9. The monoisotopic (exact) mass is 266 g/mol. The summed E-state index contributed by atoms with van der Waals surface area (Å²) in [5, 5.41) is 0.00553. The van der Waals surface area contributed by atoms with Gasteiger partial charge in [-0.25, -0.2) is 0 Å². The molecule has 1 saturated carbocycles. The number of rotatable bonds is 2. The average molecular weight is 267 g/mol. The predicted molar refractivity (Wildman–Crippen MR) is 67.0 cm³/mol. The summed E-state index contributed by atoms with van der Waals surface area (Å²) in [5.74, 6) is 0.154. The van der Waals surface area contributed by atoms with Crippen LogP contribution in [0.25, 0.3) is 0 Å². The van der Waals surface area contributed by atoms with Crippen LogP contribution in [0, 0.1) is 10.8 Å². The molecule has 0 aliphatic heterocycles. The van der Waals surface area contributed by atoms with Crippen LogP contribution in [0.1, 0.15) is 34.6 Å². The Morgan fingerprint density at radius 1 is 1.20 bits per heavy atom. The van der Waals surface area contributed by atoms with Gasteiger partial charge in [-0.2, -0.15) is 0 Å². The second-order valence-corrected chi connectivity index (χ2v) is 8.14. The lowest BCUT2D eigenvalue weighted by atomic mass is 9.54. The third kappa shape index (κ3) is 1.65. The van der Waals surface area contributed by atoms with Gasteiger partial charge in [0.1, 0.15) is 9.99 Å². The largest absolute Gasteiger partial charge is 0.298 e. The Morgan fingerprint density at radius 2 is 1.60 bits per heavy atom. The van der Waals surface area contributed by atoms with Crippen LogP contribution in [0.15, 0.2) is 0 Å². The summed E-state index contributed by atoms with van der Waals surface area (Å²) < 4.78 is -0.701. The Bertz CT molecular complexity index is 305. The Hall–Kier alpha value is 0.330. The molecule has 0 N–H and O–H groups in total. The molecule has 86 valence electrons. The molecule has 0 heterocycles. The van der Waals surface area contributed by atoms with E-state index in [0.717, 1.165) is 10.8 Å². The summed E-state index contributed by atoms with van der Waals surface area (Å²) in [6.07, 6.45) is 0. The molecule has 1 fully saturated rings. The van der Waals surface area contributed by atoms with E-state index in [1.54, 1.807) is 0 Å². The van der Waals surface area contributed by atoms with Gasteiger partial charge < -0.3 is 0 Å². The molecule has 1 aliphatic rings. The maximum Gasteiger partial charge on any atom is 0.196 e. The van der Waals surface area contributed by atoms with E-state index in [1.165, 1.54) is 17.7 Å². The summed E-state index contributed by atoms with van der Waals surface area (Å²) in [4.78, 5) is 22.8. The highest BCUT2D eigenvalue weighted by Gasteiger charge is 2.72. The van der Waals surface area contributed by atoms with Gasteiger partial charge in [-0.05, 0) is 10.8 Å². The minimum absolute atomic E-state index is 0.00553. The molecular weight excluding hydrogens is 252 g/mol. The van der Waals surface area contributed by atoms with Crippen LogP contribution in [-0.4, -0.2) is 15.1 Å². The van der Waals surface area contributed by atoms with E-state index in [4.69, 9.17) is 11.6 Å². The molecule has 2 nitrogen and oxygen atoms in total. The van der Waals surface area contributed by atoms with E-state index >= 15 is 0 Å². The third-order valence-corrected chi connectivity index (χ3v) is 7.74. The first-order chi connectivity index (χ1) is 6.57. The SMILES string of the molecule is CC(=O)SSC1(Cl)C(C)(C)C(=O)C1(C)C. The van der Waals surface area contributed by atoms with E-state index < -0.39 is 15.0 Å². The topological polar surface area (TPSA) is 34.1 Å². The van der Waals surface area contributed by atoms with Gasteiger partial charge in [0, 0.05) is 6.92 Å². The first-order valence-electron chi connectivity index (χ1n) is 4.67. The van der Waals surface area contributed by atoms with Gasteiger partial charge >= 0.3 is 0 Å². The summed E-state index contributed by atoms with van der Waals surface area (Å²) in [7, 11) is 2.42. The maximum atomic E-state index is 11.9. The molecule has 0 aromatic carbocycles. The van der Waals surface area contributed by atoms with Gasteiger partial charge in [-0.3, -0.25) is 9.59 Å². The summed E-state index contributed by atoms with van der Waals surface area (Å²) >= 11 is 6.50. The zero-order valence-electron chi connectivity index (χ0n) is 9.51. The lowest BCUT2D eigenvalue weighted by Gasteiger charge is -2.60. The Kier molecular flexibility index (Phi) is 3.28. The number of hydrogen-bond donors (Lipinski definition) is 0. The quantitative estimate of drug-likeness (QED) is 0.566. The van der Waals surface area contributed by atoms with Crippen molar-refractivity contribution in [1.29, 1.82) is 0 Å². The van der Waals surface area contributed by atoms with Gasteiger partial charge in [-0.1, -0.05) is 38.5 Å². The molecule has 0 radical (unpaired) electrons. The lowest BCUT2D eigenvalue weighted by molar-refractivity contribution is -0.153. The van der Waals surface area contributed by atoms with Crippen LogP contribution in [-0.2, 0) is 9.59 Å². The molecule has 15 heavy (non-hydrogen) atoms. The highest BCUT2D eigenvalue weighted by Crippen LogP contribution is 2.69. The molecule has 0 aromatic rings. The van der Waals surface area contributed by atoms with Crippen LogP contribution in [0.5, 0.6) is 0 Å². The van der Waals surface area contributed by atoms with E-state index in [9.17, 15) is 9.59 Å². The minimum atomic E-state index is -0.701. The second kappa shape index (κ2) is 3.67. The molecule has 0 unspecified atom stereocenters. The number of carbonyl (C=O) groups excluding carboxylic acids is 2. The van der Waals surface area contributed by atoms with Crippen molar-refractivity contribution < 1.29 is 9.59 Å². The highest BCUT2D eigenvalue weighted by atomic mass is 35.5. The van der Waals surface area contributed by atoms with Gasteiger partial charge in [0.15, 0.2) is 5.12 Å². The fourth-order valence-electron chi connectivity index (χ4n) is 2.12. The molecule has 5 heteroatoms. The molecule has 0 spiro atoms. The first-order valence-corrected chi connectivity index (χ1v) is 7.20. The van der Waals surface area contributed by atoms with Crippen molar-refractivity contribution in [3.63, 3.8) is 0 Å². The molecule has 0 aromatic heterocycles. The van der Waals surface area contributed by atoms with Gasteiger partial charge in [-0.15, -0.1) is 11.6 Å². The van der Waals surface area contributed by atoms with E-state index in [2.05, 4.69) is 0 Å². The maximum absolute atomic E-state index is 11.9. The summed E-state index contributed by atoms with van der Waals surface area (Å²) in [6.45, 7) is 8.84. The molecular formula is C10H15ClO2S2. The van der Waals surface area contributed by atoms with Crippen LogP contribution in [0.3, 0.4) is 0 Å². The van der Waals surface area contributed by atoms with E-state index in [1.807, 2.05) is 27.7 Å². The normalized spacial score (nSPS) is 25.9. The van der Waals surface area contributed by atoms with Crippen molar-refractivity contribution in [3.05, 3.63) is 0 Å². The van der Waals surface area contributed by atoms with E-state index in [-0.39, 0.29) is 10.9 Å². The Morgan fingerprint density at radius 3 is 1.93 bits per heavy atom. The molecule has 1 aliphatic carbocycles. The van der Waals surface area contributed by atoms with Crippen LogP contribution in [0.4, 0.5) is 0 Å². The molecule has 0 amide bonds. The summed E-state index contributed by atoms with van der Waals surface area (Å²) in [6, 6.07) is 0. The van der Waals surface area contributed by atoms with Crippen LogP contribution in [0.2, 0.25) is 0 Å². The van der Waals surface area contributed by atoms with Crippen molar-refractivity contribution in [1.82, 2.24) is 0 Å². The predicted octanol–water partition coefficient (Wildman–Crippen LogP) is 3.48. The van der Waals surface area contributed by atoms with Crippen molar-refractivity contribution in [3.8, 4) is 0 Å². The molecule has 0 bridgehead atoms. The second-order valence-electron chi connectivity index (χ2n) is 4.83. The smallest absolute Gasteiger partial charge is 0.196 e. The number of carbonyl (C=O) groups is 2. The highest BCUT2D eigenvalue weighted by molar-refractivity contribution is 8.82. The average Bonchev–Trinajstić information content (AvgIpc) is 2.11. The zero-order chi connectivity index (χ0) is 12.1. The first kappa shape index (κ1) is 13.4. The minimum Gasteiger partial charge on any atom is -0.298 e. The summed E-state index contributed by atoms with van der Waals surface area (Å²) in [5.41, 5.74) is -1.16. The van der Waals surface area contributed by atoms with Crippen LogP contribution >= 0.6 is 33.2 Å². The molecule has 0 saturated heterocycles.